The molecule has 1 aliphatic rings. The molecule has 0 unspecified atom stereocenters. The maximum absolute atomic E-state index is 12.5. The van der Waals surface area contributed by atoms with Crippen LogP contribution < -0.4 is 10.6 Å². The Morgan fingerprint density at radius 3 is 2.96 bits per heavy atom. The number of aromatic nitrogens is 1. The van der Waals surface area contributed by atoms with Crippen molar-refractivity contribution in [2.45, 2.75) is 52.1 Å². The minimum atomic E-state index is -0.170. The lowest BCUT2D eigenvalue weighted by Gasteiger charge is -2.25. The Labute approximate surface area is 138 Å². The summed E-state index contributed by atoms with van der Waals surface area (Å²) in [5.74, 6) is 0.686. The fourth-order valence-electron chi connectivity index (χ4n) is 3.55. The van der Waals surface area contributed by atoms with Gasteiger partial charge < -0.3 is 10.3 Å². The van der Waals surface area contributed by atoms with Gasteiger partial charge in [0.25, 0.3) is 0 Å². The van der Waals surface area contributed by atoms with Crippen LogP contribution in [0.4, 0.5) is 0 Å². The molecule has 3 N–H and O–H groups in total. The van der Waals surface area contributed by atoms with Crippen LogP contribution in [-0.4, -0.2) is 23.5 Å². The van der Waals surface area contributed by atoms with Gasteiger partial charge in [-0.3, -0.25) is 10.1 Å². The number of hydrogen-bond acceptors (Lipinski definition) is 2. The number of nitrogens with one attached hydrogen (secondary N) is 3. The highest BCUT2D eigenvalue weighted by molar-refractivity contribution is 5.90. The number of hydrogen-bond donors (Lipinski definition) is 3. The van der Waals surface area contributed by atoms with E-state index in [2.05, 4.69) is 60.8 Å². The van der Waals surface area contributed by atoms with Gasteiger partial charge in [0.15, 0.2) is 0 Å². The molecule has 124 valence electrons. The van der Waals surface area contributed by atoms with E-state index in [9.17, 15) is 4.79 Å². The van der Waals surface area contributed by atoms with Gasteiger partial charge >= 0.3 is 0 Å². The monoisotopic (exact) mass is 313 g/mol. The summed E-state index contributed by atoms with van der Waals surface area (Å²) in [6.45, 7) is 7.28. The van der Waals surface area contributed by atoms with Crippen molar-refractivity contribution in [2.75, 3.05) is 6.54 Å². The molecule has 0 fully saturated rings. The van der Waals surface area contributed by atoms with Crippen LogP contribution in [0, 0.1) is 5.92 Å². The summed E-state index contributed by atoms with van der Waals surface area (Å²) < 4.78 is 0. The number of carbonyl (C=O) groups is 1. The third kappa shape index (κ3) is 3.27. The Hall–Kier alpha value is -1.81. The Kier molecular flexibility index (Phi) is 4.71. The number of amides is 1. The quantitative estimate of drug-likeness (QED) is 0.793. The van der Waals surface area contributed by atoms with E-state index >= 15 is 0 Å². The molecule has 0 saturated carbocycles. The Bertz CT molecular complexity index is 689. The molecule has 1 aromatic heterocycles. The first-order valence-electron chi connectivity index (χ1n) is 8.72. The predicted octanol–water partition coefficient (Wildman–Crippen LogP) is 3.30. The summed E-state index contributed by atoms with van der Waals surface area (Å²) >= 11 is 0. The van der Waals surface area contributed by atoms with Gasteiger partial charge in [0.2, 0.25) is 5.91 Å². The molecule has 1 aromatic carbocycles. The van der Waals surface area contributed by atoms with Crippen molar-refractivity contribution in [1.82, 2.24) is 15.6 Å². The molecule has 0 radical (unpaired) electrons. The molecule has 0 aliphatic carbocycles. The van der Waals surface area contributed by atoms with Gasteiger partial charge in [-0.2, -0.15) is 0 Å². The topological polar surface area (TPSA) is 56.9 Å². The summed E-state index contributed by atoms with van der Waals surface area (Å²) in [7, 11) is 0. The highest BCUT2D eigenvalue weighted by Gasteiger charge is 2.29. The molecule has 23 heavy (non-hydrogen) atoms. The Balaban J connectivity index is 1.97. The Morgan fingerprint density at radius 2 is 2.22 bits per heavy atom. The number of H-pyrrole nitrogens is 1. The van der Waals surface area contributed by atoms with Crippen molar-refractivity contribution in [3.63, 3.8) is 0 Å². The minimum absolute atomic E-state index is 0.114. The van der Waals surface area contributed by atoms with Gasteiger partial charge in [-0.1, -0.05) is 32.9 Å². The second-order valence-corrected chi connectivity index (χ2v) is 6.98. The molecule has 0 bridgehead atoms. The van der Waals surface area contributed by atoms with Crippen LogP contribution in [0.25, 0.3) is 10.9 Å². The second kappa shape index (κ2) is 6.75. The average molecular weight is 313 g/mol. The van der Waals surface area contributed by atoms with Crippen molar-refractivity contribution in [3.8, 4) is 0 Å². The highest BCUT2D eigenvalue weighted by Crippen LogP contribution is 2.34. The molecule has 0 spiro atoms. The Morgan fingerprint density at radius 1 is 1.39 bits per heavy atom. The van der Waals surface area contributed by atoms with Crippen molar-refractivity contribution >= 4 is 16.8 Å². The molecule has 4 nitrogen and oxygen atoms in total. The zero-order valence-corrected chi connectivity index (χ0v) is 14.3. The van der Waals surface area contributed by atoms with Gasteiger partial charge in [-0.25, -0.2) is 0 Å². The SMILES string of the molecule is CCCNC(=O)[C@@H]1Cc2c[nH]c3cccc(c23)[C@H](CC(C)C)N1. The van der Waals surface area contributed by atoms with Crippen LogP contribution >= 0.6 is 0 Å². The molecule has 1 aliphatic heterocycles. The van der Waals surface area contributed by atoms with E-state index in [1.165, 1.54) is 22.0 Å². The van der Waals surface area contributed by atoms with Crippen LogP contribution in [0.2, 0.25) is 0 Å². The second-order valence-electron chi connectivity index (χ2n) is 6.98. The van der Waals surface area contributed by atoms with Crippen LogP contribution in [0.15, 0.2) is 24.4 Å². The fraction of sp³-hybridized carbons (Fsp3) is 0.526. The van der Waals surface area contributed by atoms with Crippen molar-refractivity contribution < 1.29 is 4.79 Å². The summed E-state index contributed by atoms with van der Waals surface area (Å²) in [6, 6.07) is 6.47. The zero-order chi connectivity index (χ0) is 16.4. The maximum atomic E-state index is 12.5. The number of aromatic amines is 1. The van der Waals surface area contributed by atoms with Crippen LogP contribution in [-0.2, 0) is 11.2 Å². The third-order valence-corrected chi connectivity index (χ3v) is 4.59. The molecular formula is C19H27N3O. The lowest BCUT2D eigenvalue weighted by Crippen LogP contribution is -2.46. The predicted molar refractivity (Wildman–Crippen MR) is 94.4 cm³/mol. The van der Waals surface area contributed by atoms with Crippen molar-refractivity contribution in [1.29, 1.82) is 0 Å². The lowest BCUT2D eigenvalue weighted by atomic mass is 9.94. The van der Waals surface area contributed by atoms with E-state index in [1.54, 1.807) is 0 Å². The largest absolute Gasteiger partial charge is 0.361 e. The molecule has 2 heterocycles. The van der Waals surface area contributed by atoms with E-state index in [0.29, 0.717) is 5.92 Å². The molecule has 1 amide bonds. The first kappa shape index (κ1) is 16.1. The maximum Gasteiger partial charge on any atom is 0.237 e. The van der Waals surface area contributed by atoms with Crippen LogP contribution in [0.3, 0.4) is 0 Å². The summed E-state index contributed by atoms with van der Waals surface area (Å²) in [6.07, 6.45) is 4.79. The minimum Gasteiger partial charge on any atom is -0.361 e. The van der Waals surface area contributed by atoms with Crippen LogP contribution in [0.1, 0.15) is 50.8 Å². The first-order valence-corrected chi connectivity index (χ1v) is 8.72. The number of benzene rings is 1. The van der Waals surface area contributed by atoms with E-state index in [4.69, 9.17) is 0 Å². The van der Waals surface area contributed by atoms with Gasteiger partial charge in [-0.15, -0.1) is 0 Å². The molecular weight excluding hydrogens is 286 g/mol. The molecule has 2 atom stereocenters. The molecule has 4 heteroatoms. The van der Waals surface area contributed by atoms with Gasteiger partial charge in [0.1, 0.15) is 0 Å². The summed E-state index contributed by atoms with van der Waals surface area (Å²) in [5.41, 5.74) is 3.73. The molecule has 2 aromatic rings. The average Bonchev–Trinajstić information content (AvgIpc) is 2.86. The van der Waals surface area contributed by atoms with E-state index in [-0.39, 0.29) is 18.0 Å². The molecule has 3 rings (SSSR count). The third-order valence-electron chi connectivity index (χ3n) is 4.59. The van der Waals surface area contributed by atoms with Gasteiger partial charge in [-0.05, 0) is 42.4 Å². The zero-order valence-electron chi connectivity index (χ0n) is 14.3. The smallest absolute Gasteiger partial charge is 0.237 e. The van der Waals surface area contributed by atoms with E-state index < -0.39 is 0 Å². The van der Waals surface area contributed by atoms with Crippen molar-refractivity contribution in [3.05, 3.63) is 35.5 Å². The van der Waals surface area contributed by atoms with Gasteiger partial charge in [0, 0.05) is 29.7 Å². The first-order chi connectivity index (χ1) is 11.1. The number of rotatable bonds is 5. The van der Waals surface area contributed by atoms with Gasteiger partial charge in [0.05, 0.1) is 6.04 Å². The summed E-state index contributed by atoms with van der Waals surface area (Å²) in [5, 5.41) is 7.97. The number of carbonyl (C=O) groups excluding carboxylic acids is 1. The van der Waals surface area contributed by atoms with Crippen LogP contribution in [0.5, 0.6) is 0 Å². The van der Waals surface area contributed by atoms with E-state index in [0.717, 1.165) is 25.8 Å². The summed E-state index contributed by atoms with van der Waals surface area (Å²) in [4.78, 5) is 15.9. The lowest BCUT2D eigenvalue weighted by molar-refractivity contribution is -0.123. The normalized spacial score (nSPS) is 20.7. The van der Waals surface area contributed by atoms with Crippen molar-refractivity contribution in [2.24, 2.45) is 5.92 Å². The van der Waals surface area contributed by atoms with E-state index in [1.807, 2.05) is 0 Å². The standard InChI is InChI=1S/C19H27N3O/c1-4-8-20-19(23)17-10-13-11-21-15-7-5-6-14(18(13)15)16(22-17)9-12(2)3/h5-7,11-12,16-17,21-22H,4,8-10H2,1-3H3,(H,20,23)/t16-,17-/m0/s1. The fourth-order valence-corrected chi connectivity index (χ4v) is 3.55. The highest BCUT2D eigenvalue weighted by atomic mass is 16.2. The molecule has 0 saturated heterocycles.